The van der Waals surface area contributed by atoms with Crippen LogP contribution in [0.4, 0.5) is 5.69 Å². The average molecular weight is 383 g/mol. The van der Waals surface area contributed by atoms with Crippen molar-refractivity contribution in [2.45, 2.75) is 4.90 Å². The molecule has 22 heavy (non-hydrogen) atoms. The van der Waals surface area contributed by atoms with Gasteiger partial charge in [0.05, 0.1) is 19.9 Å². The third-order valence-corrected chi connectivity index (χ3v) is 4.42. The number of nitro benzene ring substituents is 1. The van der Waals surface area contributed by atoms with E-state index in [4.69, 9.17) is 38.6 Å². The van der Waals surface area contributed by atoms with Crippen molar-refractivity contribution in [2.24, 2.45) is 0 Å². The van der Waals surface area contributed by atoms with Crippen LogP contribution in [-0.2, 0) is 9.05 Å². The highest BCUT2D eigenvalue weighted by atomic mass is 35.7. The minimum atomic E-state index is -4.02. The number of benzene rings is 2. The summed E-state index contributed by atoms with van der Waals surface area (Å²) in [6.45, 7) is 0. The maximum atomic E-state index is 11.3. The van der Waals surface area contributed by atoms with Gasteiger partial charge in [0.1, 0.15) is 0 Å². The molecule has 0 saturated heterocycles. The molecule has 2 aromatic rings. The monoisotopic (exact) mass is 381 g/mol. The van der Waals surface area contributed by atoms with Crippen molar-refractivity contribution >= 4 is 48.6 Å². The van der Waals surface area contributed by atoms with Gasteiger partial charge in [-0.05, 0) is 18.2 Å². The van der Waals surface area contributed by atoms with Gasteiger partial charge in [0.15, 0.2) is 5.75 Å². The van der Waals surface area contributed by atoms with E-state index in [0.717, 1.165) is 12.1 Å². The molecule has 0 amide bonds. The number of nitrogens with zero attached hydrogens (tertiary/aromatic N) is 1. The Labute approximate surface area is 139 Å². The van der Waals surface area contributed by atoms with E-state index in [-0.39, 0.29) is 32.1 Å². The molecule has 116 valence electrons. The van der Waals surface area contributed by atoms with Crippen molar-refractivity contribution in [3.8, 4) is 11.5 Å². The second-order valence-electron chi connectivity index (χ2n) is 3.98. The number of halogens is 3. The number of hydrogen-bond acceptors (Lipinski definition) is 5. The second kappa shape index (κ2) is 6.29. The van der Waals surface area contributed by atoms with Crippen LogP contribution in [0, 0.1) is 10.1 Å². The fourth-order valence-corrected chi connectivity index (χ4v) is 3.06. The third kappa shape index (κ3) is 3.61. The standard InChI is InChI=1S/C12H6Cl3NO5S/c13-8-5-7(22(15,19)20)6-9(14)12(8)21-11-4-2-1-3-10(11)16(17)18/h1-6H. The van der Waals surface area contributed by atoms with Crippen molar-refractivity contribution in [1.82, 2.24) is 0 Å². The van der Waals surface area contributed by atoms with Crippen molar-refractivity contribution in [2.75, 3.05) is 0 Å². The van der Waals surface area contributed by atoms with E-state index in [1.54, 1.807) is 0 Å². The van der Waals surface area contributed by atoms with Crippen LogP contribution in [0.15, 0.2) is 41.3 Å². The molecule has 0 fully saturated rings. The van der Waals surface area contributed by atoms with Crippen LogP contribution in [0.25, 0.3) is 0 Å². The van der Waals surface area contributed by atoms with E-state index < -0.39 is 14.0 Å². The Hall–Kier alpha value is -1.54. The molecular weight excluding hydrogens is 377 g/mol. The lowest BCUT2D eigenvalue weighted by molar-refractivity contribution is -0.385. The summed E-state index contributed by atoms with van der Waals surface area (Å²) in [5, 5.41) is 10.6. The molecule has 0 N–H and O–H groups in total. The lowest BCUT2D eigenvalue weighted by Gasteiger charge is -2.10. The van der Waals surface area contributed by atoms with Gasteiger partial charge in [-0.2, -0.15) is 0 Å². The van der Waals surface area contributed by atoms with Gasteiger partial charge in [-0.3, -0.25) is 10.1 Å². The Kier molecular flexibility index (Phi) is 4.81. The van der Waals surface area contributed by atoms with E-state index in [9.17, 15) is 18.5 Å². The van der Waals surface area contributed by atoms with E-state index in [1.165, 1.54) is 24.3 Å². The van der Waals surface area contributed by atoms with Gasteiger partial charge in [0, 0.05) is 16.7 Å². The van der Waals surface area contributed by atoms with E-state index in [1.807, 2.05) is 0 Å². The molecule has 0 aliphatic heterocycles. The Bertz CT molecular complexity index is 831. The molecule has 0 bridgehead atoms. The molecule has 0 saturated carbocycles. The minimum Gasteiger partial charge on any atom is -0.447 e. The molecule has 6 nitrogen and oxygen atoms in total. The van der Waals surface area contributed by atoms with Gasteiger partial charge in [0.2, 0.25) is 5.75 Å². The molecule has 0 aliphatic carbocycles. The van der Waals surface area contributed by atoms with Crippen LogP contribution in [0.2, 0.25) is 10.0 Å². The zero-order valence-electron chi connectivity index (χ0n) is 10.5. The molecule has 0 atom stereocenters. The third-order valence-electron chi connectivity index (χ3n) is 2.53. The SMILES string of the molecule is O=[N+]([O-])c1ccccc1Oc1c(Cl)cc(S(=O)(=O)Cl)cc1Cl. The summed E-state index contributed by atoms with van der Waals surface area (Å²) in [7, 11) is 1.19. The minimum absolute atomic E-state index is 0.0854. The number of nitro groups is 1. The summed E-state index contributed by atoms with van der Waals surface area (Å²) in [5.41, 5.74) is -0.288. The lowest BCUT2D eigenvalue weighted by Crippen LogP contribution is -1.96. The quantitative estimate of drug-likeness (QED) is 0.437. The first-order chi connectivity index (χ1) is 10.2. The molecule has 10 heteroatoms. The first-order valence-electron chi connectivity index (χ1n) is 5.55. The zero-order chi connectivity index (χ0) is 16.5. The number of ether oxygens (including phenoxy) is 1. The highest BCUT2D eigenvalue weighted by Gasteiger charge is 2.20. The Morgan fingerprint density at radius 1 is 1.09 bits per heavy atom. The van der Waals surface area contributed by atoms with E-state index >= 15 is 0 Å². The van der Waals surface area contributed by atoms with Crippen LogP contribution in [0.1, 0.15) is 0 Å². The summed E-state index contributed by atoms with van der Waals surface area (Å²) >= 11 is 11.8. The summed E-state index contributed by atoms with van der Waals surface area (Å²) < 4.78 is 27.9. The van der Waals surface area contributed by atoms with Gasteiger partial charge >= 0.3 is 5.69 Å². The van der Waals surface area contributed by atoms with E-state index in [2.05, 4.69) is 0 Å². The number of hydrogen-bond donors (Lipinski definition) is 0. The lowest BCUT2D eigenvalue weighted by atomic mass is 10.3. The average Bonchev–Trinajstić information content (AvgIpc) is 2.41. The smallest absolute Gasteiger partial charge is 0.311 e. The molecule has 0 aliphatic rings. The normalized spacial score (nSPS) is 11.2. The largest absolute Gasteiger partial charge is 0.447 e. The summed E-state index contributed by atoms with van der Waals surface area (Å²) in [6.07, 6.45) is 0. The maximum absolute atomic E-state index is 11.3. The number of rotatable bonds is 4. The van der Waals surface area contributed by atoms with Crippen molar-refractivity contribution in [3.05, 3.63) is 56.6 Å². The van der Waals surface area contributed by atoms with Crippen LogP contribution in [-0.4, -0.2) is 13.3 Å². The zero-order valence-corrected chi connectivity index (χ0v) is 13.6. The fraction of sp³-hybridized carbons (Fsp3) is 0. The van der Waals surface area contributed by atoms with Gasteiger partial charge in [0.25, 0.3) is 9.05 Å². The van der Waals surface area contributed by atoms with Crippen LogP contribution < -0.4 is 4.74 Å². The topological polar surface area (TPSA) is 86.5 Å². The summed E-state index contributed by atoms with van der Waals surface area (Å²) in [5.74, 6) is -0.195. The van der Waals surface area contributed by atoms with Gasteiger partial charge in [-0.15, -0.1) is 0 Å². The predicted octanol–water partition coefficient (Wildman–Crippen LogP) is 4.62. The van der Waals surface area contributed by atoms with Crippen molar-refractivity contribution in [1.29, 1.82) is 0 Å². The molecule has 0 heterocycles. The highest BCUT2D eigenvalue weighted by Crippen LogP contribution is 2.41. The highest BCUT2D eigenvalue weighted by molar-refractivity contribution is 8.13. The first-order valence-corrected chi connectivity index (χ1v) is 8.61. The predicted molar refractivity (Wildman–Crippen MR) is 82.7 cm³/mol. The van der Waals surface area contributed by atoms with Gasteiger partial charge in [-0.1, -0.05) is 35.3 Å². The Balaban J connectivity index is 2.50. The fourth-order valence-electron chi connectivity index (χ4n) is 1.58. The van der Waals surface area contributed by atoms with Gasteiger partial charge in [-0.25, -0.2) is 8.42 Å². The molecule has 0 aromatic heterocycles. The van der Waals surface area contributed by atoms with Crippen LogP contribution in [0.3, 0.4) is 0 Å². The van der Waals surface area contributed by atoms with Crippen LogP contribution in [0.5, 0.6) is 11.5 Å². The summed E-state index contributed by atoms with van der Waals surface area (Å²) in [4.78, 5) is 9.99. The maximum Gasteiger partial charge on any atom is 0.311 e. The van der Waals surface area contributed by atoms with E-state index in [0.29, 0.717) is 0 Å². The molecule has 0 radical (unpaired) electrons. The Morgan fingerprint density at radius 2 is 1.64 bits per heavy atom. The molecular formula is C12H6Cl3NO5S. The molecule has 2 aromatic carbocycles. The number of para-hydroxylation sites is 2. The first kappa shape index (κ1) is 16.8. The second-order valence-corrected chi connectivity index (χ2v) is 7.36. The molecule has 0 unspecified atom stereocenters. The molecule has 2 rings (SSSR count). The van der Waals surface area contributed by atoms with Crippen LogP contribution >= 0.6 is 33.9 Å². The Morgan fingerprint density at radius 3 is 2.14 bits per heavy atom. The van der Waals surface area contributed by atoms with Crippen molar-refractivity contribution < 1.29 is 18.1 Å². The van der Waals surface area contributed by atoms with Gasteiger partial charge < -0.3 is 4.74 Å². The molecule has 0 spiro atoms. The van der Waals surface area contributed by atoms with Crippen molar-refractivity contribution in [3.63, 3.8) is 0 Å². The summed E-state index contributed by atoms with van der Waals surface area (Å²) in [6, 6.07) is 7.69.